The van der Waals surface area contributed by atoms with Gasteiger partial charge in [0.1, 0.15) is 0 Å². The van der Waals surface area contributed by atoms with Crippen LogP contribution in [0.2, 0.25) is 5.28 Å². The maximum Gasteiger partial charge on any atom is 0.231 e. The summed E-state index contributed by atoms with van der Waals surface area (Å²) in [7, 11) is 0. The fourth-order valence-corrected chi connectivity index (χ4v) is 1.69. The van der Waals surface area contributed by atoms with Crippen molar-refractivity contribution in [1.82, 2.24) is 15.0 Å². The molecule has 0 aromatic carbocycles. The fraction of sp³-hybridized carbons (Fsp3) is 0.727. The Kier molecular flexibility index (Phi) is 6.07. The number of aliphatic hydroxyl groups is 1. The van der Waals surface area contributed by atoms with Crippen LogP contribution in [0.3, 0.4) is 0 Å². The Labute approximate surface area is 112 Å². The Morgan fingerprint density at radius 1 is 1.33 bits per heavy atom. The summed E-state index contributed by atoms with van der Waals surface area (Å²) >= 11 is 5.89. The van der Waals surface area contributed by atoms with E-state index in [0.717, 1.165) is 6.54 Å². The number of nitrogens with one attached hydrogen (secondary N) is 1. The maximum absolute atomic E-state index is 8.92. The van der Waals surface area contributed by atoms with Crippen LogP contribution in [0.1, 0.15) is 27.2 Å². The zero-order valence-electron chi connectivity index (χ0n) is 11.0. The summed E-state index contributed by atoms with van der Waals surface area (Å²) in [6.45, 7) is 7.59. The molecule has 0 aliphatic carbocycles. The molecule has 1 aromatic rings. The molecular weight excluding hydrogens is 254 g/mol. The Hall–Kier alpha value is -1.14. The van der Waals surface area contributed by atoms with Crippen molar-refractivity contribution in [2.75, 3.05) is 29.9 Å². The topological polar surface area (TPSA) is 74.2 Å². The maximum atomic E-state index is 8.92. The zero-order valence-corrected chi connectivity index (χ0v) is 11.8. The molecule has 0 spiro atoms. The standard InChI is InChI=1S/C11H20ClN5O/c1-4-13-10-14-9(12)15-11(16-10)17(8(2)3)6-5-7-18/h8,18H,4-7H2,1-3H3,(H,13,14,15,16). The Morgan fingerprint density at radius 3 is 2.61 bits per heavy atom. The van der Waals surface area contributed by atoms with Crippen molar-refractivity contribution in [2.24, 2.45) is 0 Å². The predicted molar refractivity (Wildman–Crippen MR) is 73.2 cm³/mol. The lowest BCUT2D eigenvalue weighted by molar-refractivity contribution is 0.288. The van der Waals surface area contributed by atoms with Crippen LogP contribution in [-0.2, 0) is 0 Å². The molecule has 1 rings (SSSR count). The molecular formula is C11H20ClN5O. The molecule has 7 heteroatoms. The molecule has 0 radical (unpaired) electrons. The van der Waals surface area contributed by atoms with E-state index < -0.39 is 0 Å². The van der Waals surface area contributed by atoms with E-state index in [1.165, 1.54) is 0 Å². The molecule has 102 valence electrons. The largest absolute Gasteiger partial charge is 0.396 e. The molecule has 18 heavy (non-hydrogen) atoms. The molecule has 0 bridgehead atoms. The van der Waals surface area contributed by atoms with Crippen LogP contribution < -0.4 is 10.2 Å². The highest BCUT2D eigenvalue weighted by atomic mass is 35.5. The van der Waals surface area contributed by atoms with E-state index >= 15 is 0 Å². The third kappa shape index (κ3) is 4.27. The van der Waals surface area contributed by atoms with Crippen LogP contribution in [0.15, 0.2) is 0 Å². The van der Waals surface area contributed by atoms with E-state index in [9.17, 15) is 0 Å². The average molecular weight is 274 g/mol. The van der Waals surface area contributed by atoms with Crippen LogP contribution in [0.5, 0.6) is 0 Å². The number of hydrogen-bond donors (Lipinski definition) is 2. The average Bonchev–Trinajstić information content (AvgIpc) is 2.28. The highest BCUT2D eigenvalue weighted by molar-refractivity contribution is 6.28. The number of aromatic nitrogens is 3. The van der Waals surface area contributed by atoms with Gasteiger partial charge in [-0.15, -0.1) is 0 Å². The van der Waals surface area contributed by atoms with Gasteiger partial charge >= 0.3 is 0 Å². The predicted octanol–water partition coefficient (Wildman–Crippen LogP) is 1.55. The van der Waals surface area contributed by atoms with Crippen molar-refractivity contribution in [3.63, 3.8) is 0 Å². The minimum absolute atomic E-state index is 0.141. The van der Waals surface area contributed by atoms with Gasteiger partial charge in [-0.2, -0.15) is 15.0 Å². The van der Waals surface area contributed by atoms with Crippen LogP contribution in [-0.4, -0.2) is 45.8 Å². The SMILES string of the molecule is CCNc1nc(Cl)nc(N(CCCO)C(C)C)n1. The summed E-state index contributed by atoms with van der Waals surface area (Å²) < 4.78 is 0. The summed E-state index contributed by atoms with van der Waals surface area (Å²) in [4.78, 5) is 14.5. The first kappa shape index (κ1) is 14.9. The number of nitrogens with zero attached hydrogens (tertiary/aromatic N) is 4. The van der Waals surface area contributed by atoms with Gasteiger partial charge in [0.25, 0.3) is 0 Å². The number of aliphatic hydroxyl groups excluding tert-OH is 1. The molecule has 0 aliphatic heterocycles. The number of anilines is 2. The third-order valence-corrected chi connectivity index (χ3v) is 2.54. The Bertz CT molecular complexity index is 374. The van der Waals surface area contributed by atoms with Crippen molar-refractivity contribution in [2.45, 2.75) is 33.2 Å². The quantitative estimate of drug-likeness (QED) is 0.785. The molecule has 2 N–H and O–H groups in total. The minimum atomic E-state index is 0.141. The van der Waals surface area contributed by atoms with Crippen molar-refractivity contribution in [3.8, 4) is 0 Å². The van der Waals surface area contributed by atoms with Gasteiger partial charge in [0, 0.05) is 25.7 Å². The van der Waals surface area contributed by atoms with Gasteiger partial charge in [-0.3, -0.25) is 0 Å². The summed E-state index contributed by atoms with van der Waals surface area (Å²) in [6, 6.07) is 0.226. The van der Waals surface area contributed by atoms with Gasteiger partial charge in [0.15, 0.2) is 0 Å². The van der Waals surface area contributed by atoms with Crippen molar-refractivity contribution in [3.05, 3.63) is 5.28 Å². The fourth-order valence-electron chi connectivity index (χ4n) is 1.54. The van der Waals surface area contributed by atoms with E-state index in [1.54, 1.807) is 0 Å². The number of halogens is 1. The smallest absolute Gasteiger partial charge is 0.231 e. The summed E-state index contributed by atoms with van der Waals surface area (Å²) in [5.74, 6) is 1.01. The van der Waals surface area contributed by atoms with Gasteiger partial charge in [0.2, 0.25) is 17.2 Å². The molecule has 0 amide bonds. The first-order chi connectivity index (χ1) is 8.58. The highest BCUT2D eigenvalue weighted by Crippen LogP contribution is 2.16. The number of hydrogen-bond acceptors (Lipinski definition) is 6. The summed E-state index contributed by atoms with van der Waals surface area (Å²) in [5.41, 5.74) is 0. The van der Waals surface area contributed by atoms with Crippen molar-refractivity contribution in [1.29, 1.82) is 0 Å². The molecule has 0 unspecified atom stereocenters. The molecule has 0 saturated carbocycles. The van der Waals surface area contributed by atoms with Gasteiger partial charge in [-0.25, -0.2) is 0 Å². The zero-order chi connectivity index (χ0) is 13.5. The van der Waals surface area contributed by atoms with Crippen LogP contribution in [0, 0.1) is 0 Å². The van der Waals surface area contributed by atoms with Crippen LogP contribution in [0.4, 0.5) is 11.9 Å². The Balaban J connectivity index is 2.95. The first-order valence-corrected chi connectivity index (χ1v) is 6.49. The van der Waals surface area contributed by atoms with E-state index in [2.05, 4.69) is 20.3 Å². The van der Waals surface area contributed by atoms with E-state index in [0.29, 0.717) is 24.9 Å². The van der Waals surface area contributed by atoms with Crippen molar-refractivity contribution >= 4 is 23.5 Å². The molecule has 0 atom stereocenters. The summed E-state index contributed by atoms with van der Waals surface area (Å²) in [5, 5.41) is 12.1. The van der Waals surface area contributed by atoms with Crippen LogP contribution >= 0.6 is 11.6 Å². The van der Waals surface area contributed by atoms with Crippen LogP contribution in [0.25, 0.3) is 0 Å². The van der Waals surface area contributed by atoms with Gasteiger partial charge < -0.3 is 15.3 Å². The lowest BCUT2D eigenvalue weighted by Gasteiger charge is -2.26. The van der Waals surface area contributed by atoms with E-state index in [1.807, 2.05) is 25.7 Å². The normalized spacial score (nSPS) is 10.8. The molecule has 1 aromatic heterocycles. The van der Waals surface area contributed by atoms with Gasteiger partial charge in [-0.05, 0) is 38.8 Å². The second-order valence-electron chi connectivity index (χ2n) is 4.12. The van der Waals surface area contributed by atoms with Crippen molar-refractivity contribution < 1.29 is 5.11 Å². The lowest BCUT2D eigenvalue weighted by Crippen LogP contribution is -2.34. The first-order valence-electron chi connectivity index (χ1n) is 6.11. The lowest BCUT2D eigenvalue weighted by atomic mass is 10.3. The van der Waals surface area contributed by atoms with E-state index in [-0.39, 0.29) is 17.9 Å². The second-order valence-corrected chi connectivity index (χ2v) is 4.46. The van der Waals surface area contributed by atoms with E-state index in [4.69, 9.17) is 16.7 Å². The molecule has 0 aliphatic rings. The number of rotatable bonds is 7. The third-order valence-electron chi connectivity index (χ3n) is 2.37. The second kappa shape index (κ2) is 7.33. The molecule has 1 heterocycles. The molecule has 6 nitrogen and oxygen atoms in total. The minimum Gasteiger partial charge on any atom is -0.396 e. The van der Waals surface area contributed by atoms with Gasteiger partial charge in [-0.1, -0.05) is 0 Å². The monoisotopic (exact) mass is 273 g/mol. The highest BCUT2D eigenvalue weighted by Gasteiger charge is 2.15. The van der Waals surface area contributed by atoms with Gasteiger partial charge in [0.05, 0.1) is 0 Å². The molecule has 0 fully saturated rings. The molecule has 0 saturated heterocycles. The Morgan fingerprint density at radius 2 is 2.06 bits per heavy atom. The summed E-state index contributed by atoms with van der Waals surface area (Å²) in [6.07, 6.45) is 0.665.